The van der Waals surface area contributed by atoms with Crippen LogP contribution < -0.4 is 27.4 Å². The maximum absolute atomic E-state index is 12.9. The Labute approximate surface area is 200 Å². The molecular formula is C22H30N6O7. The third-order valence-electron chi connectivity index (χ3n) is 5.29. The predicted molar refractivity (Wildman–Crippen MR) is 125 cm³/mol. The molecule has 0 aliphatic heterocycles. The number of rotatable bonds is 13. The largest absolute Gasteiger partial charge is 0.480 e. The fraction of sp³-hybridized carbons (Fsp3) is 0.409. The van der Waals surface area contributed by atoms with Crippen molar-refractivity contribution in [3.05, 3.63) is 36.0 Å². The highest BCUT2D eigenvalue weighted by molar-refractivity contribution is 5.94. The fourth-order valence-electron chi connectivity index (χ4n) is 3.45. The van der Waals surface area contributed by atoms with Gasteiger partial charge in [-0.3, -0.25) is 19.2 Å². The molecular weight excluding hydrogens is 460 g/mol. The van der Waals surface area contributed by atoms with E-state index in [9.17, 15) is 34.2 Å². The average molecular weight is 491 g/mol. The molecule has 190 valence electrons. The number of amides is 4. The standard InChI is InChI=1S/C22H30N6O7/c1-11(29)19(28-20(32)15(6-7-17(24)30)26-18(31)9-23)21(33)27-16(22(34)35)8-12-10-25-14-5-3-2-4-13(12)14/h2-5,10-11,15-16,19,25,29H,6-9,23H2,1H3,(H2,24,30)(H,26,31)(H,27,33)(H,28,32)(H,34,35). The number of carboxylic acids is 1. The quantitative estimate of drug-likeness (QED) is 0.154. The van der Waals surface area contributed by atoms with Crippen molar-refractivity contribution in [2.45, 2.75) is 50.4 Å². The molecule has 4 atom stereocenters. The van der Waals surface area contributed by atoms with Gasteiger partial charge >= 0.3 is 5.97 Å². The summed E-state index contributed by atoms with van der Waals surface area (Å²) in [6.07, 6.45) is -0.230. The van der Waals surface area contributed by atoms with Crippen LogP contribution in [0.3, 0.4) is 0 Å². The number of carbonyl (C=O) groups excluding carboxylic acids is 4. The number of fused-ring (bicyclic) bond motifs is 1. The molecule has 0 aliphatic carbocycles. The Morgan fingerprint density at radius 2 is 1.71 bits per heavy atom. The third kappa shape index (κ3) is 7.79. The van der Waals surface area contributed by atoms with Gasteiger partial charge < -0.3 is 42.6 Å². The molecule has 1 aromatic carbocycles. The zero-order valence-electron chi connectivity index (χ0n) is 19.1. The second-order valence-electron chi connectivity index (χ2n) is 8.02. The molecule has 35 heavy (non-hydrogen) atoms. The van der Waals surface area contributed by atoms with Crippen molar-refractivity contribution in [2.75, 3.05) is 6.54 Å². The van der Waals surface area contributed by atoms with Gasteiger partial charge in [-0.05, 0) is 25.0 Å². The number of nitrogens with two attached hydrogens (primary N) is 2. The lowest BCUT2D eigenvalue weighted by Gasteiger charge is -2.26. The Bertz CT molecular complexity index is 1080. The van der Waals surface area contributed by atoms with E-state index in [1.165, 1.54) is 6.92 Å². The van der Waals surface area contributed by atoms with Crippen molar-refractivity contribution in [3.8, 4) is 0 Å². The molecule has 13 heteroatoms. The highest BCUT2D eigenvalue weighted by Gasteiger charge is 2.32. The van der Waals surface area contributed by atoms with Crippen LogP contribution in [0.4, 0.5) is 0 Å². The number of hydrogen-bond acceptors (Lipinski definition) is 7. The number of H-pyrrole nitrogens is 1. The van der Waals surface area contributed by atoms with Crippen molar-refractivity contribution >= 4 is 40.5 Å². The molecule has 4 amide bonds. The second-order valence-corrected chi connectivity index (χ2v) is 8.02. The molecule has 10 N–H and O–H groups in total. The smallest absolute Gasteiger partial charge is 0.326 e. The van der Waals surface area contributed by atoms with E-state index < -0.39 is 60.4 Å². The number of carbonyl (C=O) groups is 5. The minimum Gasteiger partial charge on any atom is -0.480 e. The number of hydrogen-bond donors (Lipinski definition) is 8. The summed E-state index contributed by atoms with van der Waals surface area (Å²) >= 11 is 0. The van der Waals surface area contributed by atoms with Crippen LogP contribution in [-0.4, -0.2) is 75.6 Å². The van der Waals surface area contributed by atoms with Gasteiger partial charge in [0.1, 0.15) is 18.1 Å². The number of benzene rings is 1. The number of para-hydroxylation sites is 1. The zero-order valence-corrected chi connectivity index (χ0v) is 19.1. The average Bonchev–Trinajstić information content (AvgIpc) is 3.21. The van der Waals surface area contributed by atoms with Crippen molar-refractivity contribution < 1.29 is 34.2 Å². The lowest BCUT2D eigenvalue weighted by molar-refractivity contribution is -0.143. The first-order valence-electron chi connectivity index (χ1n) is 10.9. The maximum Gasteiger partial charge on any atom is 0.326 e. The summed E-state index contributed by atoms with van der Waals surface area (Å²) in [6, 6.07) is 3.09. The highest BCUT2D eigenvalue weighted by Crippen LogP contribution is 2.19. The SMILES string of the molecule is CC(O)C(NC(=O)C(CCC(N)=O)NC(=O)CN)C(=O)NC(Cc1c[nH]c2ccccc12)C(=O)O. The summed E-state index contributed by atoms with van der Waals surface area (Å²) < 4.78 is 0. The number of carboxylic acid groups (broad SMARTS) is 1. The molecule has 1 aromatic heterocycles. The number of primary amides is 1. The molecule has 0 spiro atoms. The van der Waals surface area contributed by atoms with Gasteiger partial charge in [0.2, 0.25) is 23.6 Å². The van der Waals surface area contributed by atoms with E-state index in [1.54, 1.807) is 12.3 Å². The first kappa shape index (κ1) is 27.3. The van der Waals surface area contributed by atoms with Crippen molar-refractivity contribution in [2.24, 2.45) is 11.5 Å². The fourth-order valence-corrected chi connectivity index (χ4v) is 3.45. The van der Waals surface area contributed by atoms with E-state index in [4.69, 9.17) is 11.5 Å². The highest BCUT2D eigenvalue weighted by atomic mass is 16.4. The summed E-state index contributed by atoms with van der Waals surface area (Å²) in [5.41, 5.74) is 11.8. The summed E-state index contributed by atoms with van der Waals surface area (Å²) in [5, 5.41) is 27.5. The summed E-state index contributed by atoms with van der Waals surface area (Å²) in [6.45, 7) is 0.811. The van der Waals surface area contributed by atoms with E-state index in [0.29, 0.717) is 5.56 Å². The Morgan fingerprint density at radius 1 is 1.03 bits per heavy atom. The van der Waals surface area contributed by atoms with Crippen LogP contribution in [0.2, 0.25) is 0 Å². The topological polar surface area (TPSA) is 230 Å². The van der Waals surface area contributed by atoms with Crippen LogP contribution >= 0.6 is 0 Å². The van der Waals surface area contributed by atoms with Gasteiger partial charge in [-0.15, -0.1) is 0 Å². The van der Waals surface area contributed by atoms with E-state index in [2.05, 4.69) is 20.9 Å². The number of nitrogens with one attached hydrogen (secondary N) is 4. The predicted octanol–water partition coefficient (Wildman–Crippen LogP) is -2.15. The maximum atomic E-state index is 12.9. The van der Waals surface area contributed by atoms with Crippen LogP contribution in [0.25, 0.3) is 10.9 Å². The minimum atomic E-state index is -1.54. The second kappa shape index (κ2) is 12.5. The first-order chi connectivity index (χ1) is 16.5. The van der Waals surface area contributed by atoms with Crippen LogP contribution in [-0.2, 0) is 30.4 Å². The number of aliphatic hydroxyl groups excluding tert-OH is 1. The molecule has 0 aliphatic rings. The zero-order chi connectivity index (χ0) is 26.1. The van der Waals surface area contributed by atoms with E-state index in [-0.39, 0.29) is 19.3 Å². The van der Waals surface area contributed by atoms with Crippen LogP contribution in [0.1, 0.15) is 25.3 Å². The Morgan fingerprint density at radius 3 is 2.31 bits per heavy atom. The monoisotopic (exact) mass is 490 g/mol. The van der Waals surface area contributed by atoms with Gasteiger partial charge in [0.05, 0.1) is 12.6 Å². The summed E-state index contributed by atoms with van der Waals surface area (Å²) in [7, 11) is 0. The van der Waals surface area contributed by atoms with Crippen molar-refractivity contribution in [3.63, 3.8) is 0 Å². The van der Waals surface area contributed by atoms with Crippen LogP contribution in [0.5, 0.6) is 0 Å². The van der Waals surface area contributed by atoms with Crippen LogP contribution in [0.15, 0.2) is 30.5 Å². The normalized spacial score (nSPS) is 14.4. The molecule has 0 saturated carbocycles. The van der Waals surface area contributed by atoms with E-state index >= 15 is 0 Å². The van der Waals surface area contributed by atoms with Gasteiger partial charge in [0.25, 0.3) is 0 Å². The van der Waals surface area contributed by atoms with Gasteiger partial charge in [-0.1, -0.05) is 18.2 Å². The first-order valence-corrected chi connectivity index (χ1v) is 10.9. The molecule has 0 saturated heterocycles. The molecule has 0 bridgehead atoms. The van der Waals surface area contributed by atoms with Crippen molar-refractivity contribution in [1.29, 1.82) is 0 Å². The Balaban J connectivity index is 2.14. The number of aromatic nitrogens is 1. The molecule has 4 unspecified atom stereocenters. The number of aliphatic hydroxyl groups is 1. The molecule has 1 heterocycles. The summed E-state index contributed by atoms with van der Waals surface area (Å²) in [4.78, 5) is 63.2. The lowest BCUT2D eigenvalue weighted by atomic mass is 10.0. The molecule has 13 nitrogen and oxygen atoms in total. The van der Waals surface area contributed by atoms with Gasteiger partial charge in [-0.25, -0.2) is 4.79 Å². The van der Waals surface area contributed by atoms with Gasteiger partial charge in [0.15, 0.2) is 0 Å². The van der Waals surface area contributed by atoms with Gasteiger partial charge in [0, 0.05) is 29.9 Å². The van der Waals surface area contributed by atoms with Crippen LogP contribution in [0, 0.1) is 0 Å². The summed E-state index contributed by atoms with van der Waals surface area (Å²) in [5.74, 6) is -4.53. The molecule has 2 aromatic rings. The van der Waals surface area contributed by atoms with E-state index in [1.807, 2.05) is 18.2 Å². The van der Waals surface area contributed by atoms with Gasteiger partial charge in [-0.2, -0.15) is 0 Å². The lowest BCUT2D eigenvalue weighted by Crippen LogP contribution is -2.59. The third-order valence-corrected chi connectivity index (χ3v) is 5.29. The van der Waals surface area contributed by atoms with E-state index in [0.717, 1.165) is 10.9 Å². The number of aromatic amines is 1. The molecule has 0 radical (unpaired) electrons. The number of aliphatic carboxylic acids is 1. The van der Waals surface area contributed by atoms with Crippen molar-refractivity contribution in [1.82, 2.24) is 20.9 Å². The molecule has 2 rings (SSSR count). The Kier molecular flexibility index (Phi) is 9.73. The Hall–Kier alpha value is -3.97. The minimum absolute atomic E-state index is 0.0562. The molecule has 0 fully saturated rings.